The highest BCUT2D eigenvalue weighted by atomic mass is 16.5. The first-order chi connectivity index (χ1) is 14.7. The van der Waals surface area contributed by atoms with Gasteiger partial charge < -0.3 is 4.74 Å². The lowest BCUT2D eigenvalue weighted by molar-refractivity contribution is -0.136. The van der Waals surface area contributed by atoms with E-state index in [1.807, 2.05) is 12.1 Å². The number of hydrogen-bond acceptors (Lipinski definition) is 3. The summed E-state index contributed by atoms with van der Waals surface area (Å²) in [4.78, 5) is 11.5. The van der Waals surface area contributed by atoms with Gasteiger partial charge in [-0.05, 0) is 25.3 Å². The Morgan fingerprint density at radius 3 is 1.63 bits per heavy atom. The van der Waals surface area contributed by atoms with Crippen LogP contribution < -0.4 is 0 Å². The van der Waals surface area contributed by atoms with Gasteiger partial charge in [-0.1, -0.05) is 116 Å². The van der Waals surface area contributed by atoms with Crippen LogP contribution in [0.15, 0.2) is 23.8 Å². The van der Waals surface area contributed by atoms with Gasteiger partial charge in [0.05, 0.1) is 6.07 Å². The van der Waals surface area contributed by atoms with Crippen molar-refractivity contribution in [2.24, 2.45) is 0 Å². The van der Waals surface area contributed by atoms with Crippen molar-refractivity contribution >= 4 is 5.97 Å². The average Bonchev–Trinajstić information content (AvgIpc) is 2.74. The number of nitriles is 1. The first-order valence-electron chi connectivity index (χ1n) is 12.6. The topological polar surface area (TPSA) is 50.1 Å². The first-order valence-corrected chi connectivity index (χ1v) is 12.6. The second kappa shape index (κ2) is 23.7. The maximum atomic E-state index is 11.5. The normalized spacial score (nSPS) is 11.7. The van der Waals surface area contributed by atoms with E-state index in [2.05, 4.69) is 6.92 Å². The van der Waals surface area contributed by atoms with Crippen molar-refractivity contribution in [3.05, 3.63) is 23.8 Å². The smallest absolute Gasteiger partial charge is 0.330 e. The fourth-order valence-corrected chi connectivity index (χ4v) is 3.55. The van der Waals surface area contributed by atoms with Crippen LogP contribution in [-0.2, 0) is 9.53 Å². The molecule has 0 radical (unpaired) electrons. The van der Waals surface area contributed by atoms with Crippen molar-refractivity contribution in [3.8, 4) is 6.07 Å². The van der Waals surface area contributed by atoms with Crippen LogP contribution in [0.5, 0.6) is 0 Å². The van der Waals surface area contributed by atoms with E-state index >= 15 is 0 Å². The van der Waals surface area contributed by atoms with Crippen LogP contribution in [0.4, 0.5) is 0 Å². The summed E-state index contributed by atoms with van der Waals surface area (Å²) in [6.07, 6.45) is 29.2. The Kier molecular flexibility index (Phi) is 22.5. The van der Waals surface area contributed by atoms with Gasteiger partial charge in [-0.15, -0.1) is 0 Å². The number of ether oxygens (including phenoxy) is 1. The second-order valence-electron chi connectivity index (χ2n) is 8.58. The third-order valence-corrected chi connectivity index (χ3v) is 5.48. The molecule has 0 aliphatic rings. The number of carbonyl (C=O) groups excluding carboxylic acids is 1. The van der Waals surface area contributed by atoms with Crippen LogP contribution in [0.2, 0.25) is 0 Å². The van der Waals surface area contributed by atoms with Crippen molar-refractivity contribution in [2.75, 3.05) is 6.61 Å². The number of nitrogens with zero attached hydrogens (tertiary/aromatic N) is 1. The lowest BCUT2D eigenvalue weighted by Gasteiger charge is -2.03. The molecule has 0 rings (SSSR count). The zero-order valence-corrected chi connectivity index (χ0v) is 19.9. The summed E-state index contributed by atoms with van der Waals surface area (Å²) in [5, 5.41) is 8.50. The van der Waals surface area contributed by atoms with E-state index in [0.29, 0.717) is 0 Å². The molecule has 0 spiro atoms. The molecular formula is C27H47NO2. The molecule has 0 fully saturated rings. The van der Waals surface area contributed by atoms with Gasteiger partial charge in [0.15, 0.2) is 0 Å². The molecule has 3 heteroatoms. The maximum Gasteiger partial charge on any atom is 0.330 e. The van der Waals surface area contributed by atoms with Gasteiger partial charge in [0, 0.05) is 12.2 Å². The van der Waals surface area contributed by atoms with E-state index in [1.165, 1.54) is 115 Å². The summed E-state index contributed by atoms with van der Waals surface area (Å²) in [7, 11) is 0. The highest BCUT2D eigenvalue weighted by Gasteiger charge is 1.98. The van der Waals surface area contributed by atoms with Gasteiger partial charge in [-0.3, -0.25) is 0 Å². The Hall–Kier alpha value is -1.56. The molecule has 0 bridgehead atoms. The molecule has 0 aromatic carbocycles. The summed E-state index contributed by atoms with van der Waals surface area (Å²) in [6.45, 7) is 4.25. The van der Waals surface area contributed by atoms with Gasteiger partial charge in [0.2, 0.25) is 0 Å². The molecule has 0 atom stereocenters. The minimum absolute atomic E-state index is 0.190. The molecule has 0 saturated heterocycles. The number of esters is 1. The molecule has 172 valence electrons. The lowest BCUT2D eigenvalue weighted by atomic mass is 10.0. The number of rotatable bonds is 21. The summed E-state index contributed by atoms with van der Waals surface area (Å²) in [5.41, 5.74) is 0.757. The Morgan fingerprint density at radius 1 is 0.767 bits per heavy atom. The molecule has 0 heterocycles. The molecule has 0 aromatic rings. The number of carbonyl (C=O) groups is 1. The van der Waals surface area contributed by atoms with E-state index in [1.54, 1.807) is 6.92 Å². The SMILES string of the molecule is CCCCCCCCCCCCCCCCCCC/C=C/C(=O)OC/C(C)=C/C#N. The second-order valence-corrected chi connectivity index (χ2v) is 8.58. The van der Waals surface area contributed by atoms with Crippen molar-refractivity contribution in [2.45, 2.75) is 129 Å². The molecule has 0 amide bonds. The zero-order chi connectivity index (χ0) is 22.1. The predicted octanol–water partition coefficient (Wildman–Crippen LogP) is 8.60. The number of hydrogen-bond donors (Lipinski definition) is 0. The summed E-state index contributed by atoms with van der Waals surface area (Å²) in [6, 6.07) is 1.93. The quantitative estimate of drug-likeness (QED) is 0.0812. The van der Waals surface area contributed by atoms with Crippen LogP contribution in [0, 0.1) is 11.3 Å². The molecule has 0 N–H and O–H groups in total. The Bertz CT molecular complexity index is 488. The fraction of sp³-hybridized carbons (Fsp3) is 0.778. The van der Waals surface area contributed by atoms with Gasteiger partial charge in [0.25, 0.3) is 0 Å². The number of unbranched alkanes of at least 4 members (excludes halogenated alkanes) is 17. The van der Waals surface area contributed by atoms with Crippen molar-refractivity contribution in [1.29, 1.82) is 5.26 Å². The molecule has 0 aliphatic carbocycles. The number of allylic oxidation sites excluding steroid dienone is 2. The molecule has 3 nitrogen and oxygen atoms in total. The lowest BCUT2D eigenvalue weighted by Crippen LogP contribution is -2.03. The standard InChI is InChI=1S/C27H47NO2/c1-3-4-5-6-7-8-9-10-11-12-13-14-15-16-17-18-19-20-21-22-27(29)30-25-26(2)23-24-28/h21-23H,3-20,25H2,1-2H3/b22-21+,26-23+. The highest BCUT2D eigenvalue weighted by molar-refractivity contribution is 5.81. The van der Waals surface area contributed by atoms with Gasteiger partial charge in [-0.25, -0.2) is 4.79 Å². The minimum Gasteiger partial charge on any atom is -0.458 e. The summed E-state index contributed by atoms with van der Waals surface area (Å²) >= 11 is 0. The monoisotopic (exact) mass is 417 g/mol. The molecule has 0 aliphatic heterocycles. The molecule has 0 saturated carbocycles. The zero-order valence-electron chi connectivity index (χ0n) is 19.9. The van der Waals surface area contributed by atoms with E-state index in [9.17, 15) is 4.79 Å². The molecule has 0 aromatic heterocycles. The first kappa shape index (κ1) is 28.4. The third-order valence-electron chi connectivity index (χ3n) is 5.48. The van der Waals surface area contributed by atoms with E-state index < -0.39 is 0 Å². The van der Waals surface area contributed by atoms with E-state index in [-0.39, 0.29) is 12.6 Å². The molecule has 0 unspecified atom stereocenters. The maximum absolute atomic E-state index is 11.5. The van der Waals surface area contributed by atoms with E-state index in [4.69, 9.17) is 10.00 Å². The molecule has 30 heavy (non-hydrogen) atoms. The minimum atomic E-state index is -0.326. The Balaban J connectivity index is 3.25. The van der Waals surface area contributed by atoms with E-state index in [0.717, 1.165) is 18.4 Å². The van der Waals surface area contributed by atoms with Gasteiger partial charge in [0.1, 0.15) is 6.61 Å². The highest BCUT2D eigenvalue weighted by Crippen LogP contribution is 2.14. The fourth-order valence-electron chi connectivity index (χ4n) is 3.55. The van der Waals surface area contributed by atoms with Crippen LogP contribution in [-0.4, -0.2) is 12.6 Å². The average molecular weight is 418 g/mol. The summed E-state index contributed by atoms with van der Waals surface area (Å²) in [5.74, 6) is -0.326. The van der Waals surface area contributed by atoms with Crippen LogP contribution in [0.1, 0.15) is 129 Å². The molecular weight excluding hydrogens is 370 g/mol. The van der Waals surface area contributed by atoms with Crippen molar-refractivity contribution in [1.82, 2.24) is 0 Å². The summed E-state index contributed by atoms with van der Waals surface area (Å²) < 4.78 is 5.05. The Morgan fingerprint density at radius 2 is 1.20 bits per heavy atom. The van der Waals surface area contributed by atoms with Crippen LogP contribution >= 0.6 is 0 Å². The Labute approximate surface area is 187 Å². The van der Waals surface area contributed by atoms with Gasteiger partial charge >= 0.3 is 5.97 Å². The van der Waals surface area contributed by atoms with Gasteiger partial charge in [-0.2, -0.15) is 5.26 Å². The third kappa shape index (κ3) is 22.7. The van der Waals surface area contributed by atoms with Crippen LogP contribution in [0.3, 0.4) is 0 Å². The van der Waals surface area contributed by atoms with Crippen molar-refractivity contribution < 1.29 is 9.53 Å². The van der Waals surface area contributed by atoms with Crippen molar-refractivity contribution in [3.63, 3.8) is 0 Å². The largest absolute Gasteiger partial charge is 0.458 e. The van der Waals surface area contributed by atoms with Crippen LogP contribution in [0.25, 0.3) is 0 Å². The predicted molar refractivity (Wildman–Crippen MR) is 128 cm³/mol.